The minimum atomic E-state index is -0.984. The van der Waals surface area contributed by atoms with Gasteiger partial charge in [-0.2, -0.15) is 5.26 Å². The Morgan fingerprint density at radius 2 is 1.67 bits per heavy atom. The van der Waals surface area contributed by atoms with Crippen LogP contribution in [0.4, 0.5) is 10.7 Å². The summed E-state index contributed by atoms with van der Waals surface area (Å²) in [6.07, 6.45) is 4.33. The number of nitrogens with one attached hydrogen (secondary N) is 2. The summed E-state index contributed by atoms with van der Waals surface area (Å²) < 4.78 is 0. The molecule has 0 bridgehead atoms. The van der Waals surface area contributed by atoms with Gasteiger partial charge >= 0.3 is 5.97 Å². The molecule has 2 amide bonds. The average Bonchev–Trinajstić information content (AvgIpc) is 3.43. The fourth-order valence-corrected chi connectivity index (χ4v) is 6.99. The maximum absolute atomic E-state index is 13.8. The fourth-order valence-electron chi connectivity index (χ4n) is 4.98. The Labute approximate surface area is 258 Å². The first-order chi connectivity index (χ1) is 20.8. The van der Waals surface area contributed by atoms with Crippen LogP contribution in [0.15, 0.2) is 101 Å². The molecule has 4 aromatic rings. The van der Waals surface area contributed by atoms with E-state index in [0.29, 0.717) is 29.1 Å². The number of carboxylic acid groups (broad SMARTS) is 1. The molecule has 0 spiro atoms. The second-order valence-corrected chi connectivity index (χ2v) is 12.3. The molecule has 1 aliphatic carbocycles. The Balaban J connectivity index is 1.36. The van der Waals surface area contributed by atoms with E-state index in [0.717, 1.165) is 27.1 Å². The number of amides is 2. The zero-order valence-electron chi connectivity index (χ0n) is 23.3. The number of carbonyl (C=O) groups is 3. The zero-order valence-corrected chi connectivity index (χ0v) is 25.0. The first-order valence-corrected chi connectivity index (χ1v) is 15.5. The van der Waals surface area contributed by atoms with Crippen molar-refractivity contribution in [3.63, 3.8) is 0 Å². The molecule has 3 N–H and O–H groups in total. The highest BCUT2D eigenvalue weighted by molar-refractivity contribution is 8.00. The Kier molecular flexibility index (Phi) is 9.40. The Hall–Kier alpha value is -4.65. The minimum absolute atomic E-state index is 0.280. The van der Waals surface area contributed by atoms with Crippen molar-refractivity contribution in [1.82, 2.24) is 0 Å². The molecule has 1 aromatic heterocycles. The van der Waals surface area contributed by atoms with Gasteiger partial charge in [0, 0.05) is 21.5 Å². The molecule has 0 saturated heterocycles. The second-order valence-electron chi connectivity index (χ2n) is 10.2. The highest BCUT2D eigenvalue weighted by atomic mass is 32.2. The third kappa shape index (κ3) is 7.05. The molecule has 5 rings (SSSR count). The van der Waals surface area contributed by atoms with Crippen molar-refractivity contribution in [3.05, 3.63) is 113 Å². The molecule has 3 atom stereocenters. The number of aryl methyl sites for hydroxylation is 1. The molecule has 3 unspecified atom stereocenters. The maximum Gasteiger partial charge on any atom is 0.307 e. The summed E-state index contributed by atoms with van der Waals surface area (Å²) in [5, 5.41) is 27.1. The lowest BCUT2D eigenvalue weighted by Gasteiger charge is -2.24. The van der Waals surface area contributed by atoms with Crippen molar-refractivity contribution in [2.24, 2.45) is 11.8 Å². The lowest BCUT2D eigenvalue weighted by atomic mass is 9.82. The summed E-state index contributed by atoms with van der Waals surface area (Å²) in [7, 11) is 0. The SMILES string of the molecule is Cc1ccc(-c2csc(NC(=O)C(Sc3cccc(NC(=O)C4CC=CCC4C(=O)O)c3)c3ccccc3)c2C#N)cc1. The van der Waals surface area contributed by atoms with E-state index in [1.807, 2.05) is 79.0 Å². The summed E-state index contributed by atoms with van der Waals surface area (Å²) in [5.41, 5.74) is 4.52. The van der Waals surface area contributed by atoms with Crippen LogP contribution in [0.1, 0.15) is 34.8 Å². The molecule has 216 valence electrons. The number of thiophene rings is 1. The van der Waals surface area contributed by atoms with E-state index in [-0.39, 0.29) is 11.8 Å². The standard InChI is InChI=1S/C34H29N3O4S2/c1-21-14-16-22(17-15-21)29-20-42-33(28(29)19-35)37-32(39)30(23-8-3-2-4-9-23)43-25-11-7-10-24(18-25)36-31(38)26-12-5-6-13-27(26)34(40)41/h2-11,14-18,20,26-27,30H,12-13H2,1H3,(H,36,38)(H,37,39)(H,40,41). The number of thioether (sulfide) groups is 1. The van der Waals surface area contributed by atoms with Gasteiger partial charge in [0.05, 0.1) is 17.4 Å². The summed E-state index contributed by atoms with van der Waals surface area (Å²) in [6, 6.07) is 26.7. The number of benzene rings is 3. The number of hydrogen-bond acceptors (Lipinski definition) is 6. The van der Waals surface area contributed by atoms with Crippen molar-refractivity contribution in [2.45, 2.75) is 29.9 Å². The van der Waals surface area contributed by atoms with Crippen molar-refractivity contribution in [3.8, 4) is 17.2 Å². The number of aliphatic carboxylic acids is 1. The van der Waals surface area contributed by atoms with Crippen molar-refractivity contribution >= 4 is 51.6 Å². The smallest absolute Gasteiger partial charge is 0.307 e. The van der Waals surface area contributed by atoms with Crippen LogP contribution in [0.25, 0.3) is 11.1 Å². The van der Waals surface area contributed by atoms with E-state index in [2.05, 4.69) is 16.7 Å². The van der Waals surface area contributed by atoms with Gasteiger partial charge in [0.25, 0.3) is 0 Å². The lowest BCUT2D eigenvalue weighted by molar-refractivity contribution is -0.146. The largest absolute Gasteiger partial charge is 0.481 e. The number of carbonyl (C=O) groups excluding carboxylic acids is 2. The van der Waals surface area contributed by atoms with Gasteiger partial charge in [-0.05, 0) is 49.1 Å². The monoisotopic (exact) mass is 607 g/mol. The van der Waals surface area contributed by atoms with Crippen LogP contribution in [0, 0.1) is 30.1 Å². The van der Waals surface area contributed by atoms with Crippen LogP contribution in [0.2, 0.25) is 0 Å². The predicted molar refractivity (Wildman–Crippen MR) is 171 cm³/mol. The van der Waals surface area contributed by atoms with Crippen molar-refractivity contribution < 1.29 is 19.5 Å². The minimum Gasteiger partial charge on any atom is -0.481 e. The summed E-state index contributed by atoms with van der Waals surface area (Å²) in [4.78, 5) is 39.2. The van der Waals surface area contributed by atoms with Crippen molar-refractivity contribution in [2.75, 3.05) is 10.6 Å². The average molecular weight is 608 g/mol. The van der Waals surface area contributed by atoms with E-state index < -0.39 is 23.1 Å². The number of allylic oxidation sites excluding steroid dienone is 2. The maximum atomic E-state index is 13.8. The van der Waals surface area contributed by atoms with Gasteiger partial charge in [-0.1, -0.05) is 78.4 Å². The van der Waals surface area contributed by atoms with Gasteiger partial charge in [0.1, 0.15) is 16.3 Å². The molecule has 0 saturated carbocycles. The van der Waals surface area contributed by atoms with Crippen molar-refractivity contribution in [1.29, 1.82) is 5.26 Å². The normalized spacial score (nSPS) is 16.6. The Morgan fingerprint density at radius 3 is 2.37 bits per heavy atom. The predicted octanol–water partition coefficient (Wildman–Crippen LogP) is 7.67. The summed E-state index contributed by atoms with van der Waals surface area (Å²) in [5.74, 6) is -3.04. The number of carboxylic acids is 1. The second kappa shape index (κ2) is 13.6. The van der Waals surface area contributed by atoms with E-state index in [9.17, 15) is 24.8 Å². The first-order valence-electron chi connectivity index (χ1n) is 13.7. The van der Waals surface area contributed by atoms with Crippen LogP contribution in [0.3, 0.4) is 0 Å². The first kappa shape index (κ1) is 29.8. The number of anilines is 2. The zero-order chi connectivity index (χ0) is 30.3. The Morgan fingerprint density at radius 1 is 0.953 bits per heavy atom. The molecule has 0 aliphatic heterocycles. The van der Waals surface area contributed by atoms with Gasteiger partial charge in [0.15, 0.2) is 0 Å². The van der Waals surface area contributed by atoms with Crippen LogP contribution < -0.4 is 10.6 Å². The van der Waals surface area contributed by atoms with E-state index in [1.165, 1.54) is 23.1 Å². The molecule has 43 heavy (non-hydrogen) atoms. The van der Waals surface area contributed by atoms with Gasteiger partial charge in [-0.3, -0.25) is 14.4 Å². The molecule has 7 nitrogen and oxygen atoms in total. The number of nitriles is 1. The van der Waals surface area contributed by atoms with Crippen LogP contribution in [0.5, 0.6) is 0 Å². The lowest BCUT2D eigenvalue weighted by Crippen LogP contribution is -2.34. The van der Waals surface area contributed by atoms with E-state index >= 15 is 0 Å². The summed E-state index contributed by atoms with van der Waals surface area (Å²) >= 11 is 2.64. The number of rotatable bonds is 9. The Bertz CT molecular complexity index is 1710. The topological polar surface area (TPSA) is 119 Å². The van der Waals surface area contributed by atoms with Gasteiger partial charge in [0.2, 0.25) is 11.8 Å². The van der Waals surface area contributed by atoms with Gasteiger partial charge in [-0.25, -0.2) is 0 Å². The summed E-state index contributed by atoms with van der Waals surface area (Å²) in [6.45, 7) is 2.00. The molecular formula is C34H29N3O4S2. The number of hydrogen-bond donors (Lipinski definition) is 3. The quantitative estimate of drug-likeness (QED) is 0.133. The molecule has 0 radical (unpaired) electrons. The van der Waals surface area contributed by atoms with Crippen LogP contribution in [-0.4, -0.2) is 22.9 Å². The molecule has 1 heterocycles. The number of nitrogens with zero attached hydrogens (tertiary/aromatic N) is 1. The fraction of sp³-hybridized carbons (Fsp3) is 0.176. The van der Waals surface area contributed by atoms with Gasteiger partial charge < -0.3 is 15.7 Å². The molecule has 9 heteroatoms. The highest BCUT2D eigenvalue weighted by Crippen LogP contribution is 2.40. The van der Waals surface area contributed by atoms with E-state index in [4.69, 9.17) is 0 Å². The highest BCUT2D eigenvalue weighted by Gasteiger charge is 2.34. The van der Waals surface area contributed by atoms with Crippen LogP contribution in [-0.2, 0) is 14.4 Å². The molecule has 3 aromatic carbocycles. The third-order valence-electron chi connectivity index (χ3n) is 7.28. The van der Waals surface area contributed by atoms with Gasteiger partial charge in [-0.15, -0.1) is 23.1 Å². The molecule has 0 fully saturated rings. The van der Waals surface area contributed by atoms with Crippen LogP contribution >= 0.6 is 23.1 Å². The molecule has 1 aliphatic rings. The molecular weight excluding hydrogens is 579 g/mol. The van der Waals surface area contributed by atoms with E-state index in [1.54, 1.807) is 24.3 Å². The third-order valence-corrected chi connectivity index (χ3v) is 9.43.